The summed E-state index contributed by atoms with van der Waals surface area (Å²) in [5.74, 6) is -0.372. The van der Waals surface area contributed by atoms with Gasteiger partial charge in [-0.15, -0.1) is 11.8 Å². The first-order valence-electron chi connectivity index (χ1n) is 9.96. The number of rotatable bonds is 7. The highest BCUT2D eigenvalue weighted by molar-refractivity contribution is 7.98. The Morgan fingerprint density at radius 2 is 2.10 bits per heavy atom. The lowest BCUT2D eigenvalue weighted by Crippen LogP contribution is -2.39. The molecule has 8 heteroatoms. The molecule has 0 bridgehead atoms. The van der Waals surface area contributed by atoms with Crippen LogP contribution in [0.3, 0.4) is 0 Å². The second-order valence-electron chi connectivity index (χ2n) is 7.10. The zero-order valence-electron chi connectivity index (χ0n) is 16.8. The first kappa shape index (κ1) is 21.2. The number of carbonyl (C=O) groups excluding carboxylic acids is 1. The van der Waals surface area contributed by atoms with Crippen molar-refractivity contribution in [1.29, 1.82) is 0 Å². The summed E-state index contributed by atoms with van der Waals surface area (Å²) < 4.78 is 19.8. The lowest BCUT2D eigenvalue weighted by molar-refractivity contribution is 0.0376. The highest BCUT2D eigenvalue weighted by atomic mass is 32.2. The Kier molecular flexibility index (Phi) is 6.99. The molecule has 158 valence electrons. The van der Waals surface area contributed by atoms with Crippen molar-refractivity contribution in [1.82, 2.24) is 9.88 Å². The third kappa shape index (κ3) is 5.00. The molecular formula is C22H24FN3O2S2. The number of aromatic nitrogens is 1. The molecule has 1 aromatic heterocycles. The van der Waals surface area contributed by atoms with E-state index in [9.17, 15) is 9.18 Å². The van der Waals surface area contributed by atoms with Gasteiger partial charge in [-0.2, -0.15) is 0 Å². The number of halogens is 1. The number of anilines is 1. The number of hydrogen-bond acceptors (Lipinski definition) is 6. The van der Waals surface area contributed by atoms with Gasteiger partial charge in [0.05, 0.1) is 23.4 Å². The van der Waals surface area contributed by atoms with Crippen molar-refractivity contribution in [3.05, 3.63) is 53.8 Å². The lowest BCUT2D eigenvalue weighted by Gasteiger charge is -2.27. The van der Waals surface area contributed by atoms with E-state index < -0.39 is 0 Å². The fourth-order valence-electron chi connectivity index (χ4n) is 3.47. The van der Waals surface area contributed by atoms with E-state index in [0.29, 0.717) is 22.8 Å². The zero-order valence-corrected chi connectivity index (χ0v) is 18.5. The van der Waals surface area contributed by atoms with Gasteiger partial charge in [0, 0.05) is 36.6 Å². The Labute approximate surface area is 183 Å². The van der Waals surface area contributed by atoms with Gasteiger partial charge in [-0.25, -0.2) is 9.37 Å². The normalized spacial score (nSPS) is 14.9. The first-order chi connectivity index (χ1) is 14.6. The molecule has 5 nitrogen and oxygen atoms in total. The van der Waals surface area contributed by atoms with Crippen LogP contribution in [0.4, 0.5) is 9.52 Å². The highest BCUT2D eigenvalue weighted by Gasteiger charge is 2.22. The van der Waals surface area contributed by atoms with E-state index in [4.69, 9.17) is 4.74 Å². The SMILES string of the molecule is CSc1cccc(C(=O)N(CCCN2CCOCC2)c2nc3ccc(F)cc3s2)c1. The summed E-state index contributed by atoms with van der Waals surface area (Å²) in [5.41, 5.74) is 1.35. The maximum Gasteiger partial charge on any atom is 0.260 e. The van der Waals surface area contributed by atoms with E-state index in [1.165, 1.54) is 23.5 Å². The minimum atomic E-state index is -0.296. The van der Waals surface area contributed by atoms with Gasteiger partial charge < -0.3 is 4.74 Å². The van der Waals surface area contributed by atoms with Gasteiger partial charge in [-0.1, -0.05) is 17.4 Å². The summed E-state index contributed by atoms with van der Waals surface area (Å²) in [4.78, 5) is 23.2. The summed E-state index contributed by atoms with van der Waals surface area (Å²) in [6.45, 7) is 4.81. The van der Waals surface area contributed by atoms with E-state index in [0.717, 1.165) is 48.9 Å². The van der Waals surface area contributed by atoms with Crippen LogP contribution in [-0.4, -0.2) is 61.4 Å². The number of ether oxygens (including phenoxy) is 1. The summed E-state index contributed by atoms with van der Waals surface area (Å²) in [7, 11) is 0. The number of benzene rings is 2. The second-order valence-corrected chi connectivity index (χ2v) is 8.99. The fourth-order valence-corrected chi connectivity index (χ4v) is 4.95. The van der Waals surface area contributed by atoms with E-state index in [1.807, 2.05) is 30.5 Å². The van der Waals surface area contributed by atoms with Crippen LogP contribution in [0.15, 0.2) is 47.4 Å². The molecular weight excluding hydrogens is 421 g/mol. The number of nitrogens with zero attached hydrogens (tertiary/aromatic N) is 3. The number of fused-ring (bicyclic) bond motifs is 1. The van der Waals surface area contributed by atoms with Crippen molar-refractivity contribution >= 4 is 44.4 Å². The average molecular weight is 446 g/mol. The largest absolute Gasteiger partial charge is 0.379 e. The van der Waals surface area contributed by atoms with E-state index in [-0.39, 0.29) is 11.7 Å². The molecule has 0 radical (unpaired) electrons. The van der Waals surface area contributed by atoms with E-state index in [2.05, 4.69) is 9.88 Å². The molecule has 0 saturated carbocycles. The van der Waals surface area contributed by atoms with Crippen molar-refractivity contribution in [3.63, 3.8) is 0 Å². The molecule has 2 aromatic carbocycles. The molecule has 2 heterocycles. The third-order valence-electron chi connectivity index (χ3n) is 5.09. The molecule has 1 fully saturated rings. The monoisotopic (exact) mass is 445 g/mol. The Balaban J connectivity index is 1.58. The van der Waals surface area contributed by atoms with Crippen LogP contribution in [0.1, 0.15) is 16.8 Å². The van der Waals surface area contributed by atoms with Crippen LogP contribution >= 0.6 is 23.1 Å². The predicted molar refractivity (Wildman–Crippen MR) is 121 cm³/mol. The summed E-state index contributed by atoms with van der Waals surface area (Å²) in [5, 5.41) is 0.608. The smallest absolute Gasteiger partial charge is 0.260 e. The van der Waals surface area contributed by atoms with Gasteiger partial charge in [0.25, 0.3) is 5.91 Å². The average Bonchev–Trinajstić information content (AvgIpc) is 3.19. The second kappa shape index (κ2) is 9.87. The van der Waals surface area contributed by atoms with Gasteiger partial charge in [0.2, 0.25) is 0 Å². The summed E-state index contributed by atoms with van der Waals surface area (Å²) in [6, 6.07) is 12.2. The van der Waals surface area contributed by atoms with E-state index >= 15 is 0 Å². The molecule has 1 aliphatic rings. The maximum atomic E-state index is 13.6. The Hall–Kier alpha value is -2.00. The minimum Gasteiger partial charge on any atom is -0.379 e. The third-order valence-corrected chi connectivity index (χ3v) is 6.86. The molecule has 0 spiro atoms. The van der Waals surface area contributed by atoms with Crippen molar-refractivity contribution in [3.8, 4) is 0 Å². The van der Waals surface area contributed by atoms with Crippen molar-refractivity contribution in [2.45, 2.75) is 11.3 Å². The number of hydrogen-bond donors (Lipinski definition) is 0. The van der Waals surface area contributed by atoms with Gasteiger partial charge in [0.15, 0.2) is 5.13 Å². The van der Waals surface area contributed by atoms with Crippen LogP contribution in [0.25, 0.3) is 10.2 Å². The predicted octanol–water partition coefficient (Wildman–Crippen LogP) is 4.53. The van der Waals surface area contributed by atoms with Gasteiger partial charge >= 0.3 is 0 Å². The molecule has 4 rings (SSSR count). The molecule has 1 aliphatic heterocycles. The minimum absolute atomic E-state index is 0.0765. The molecule has 0 unspecified atom stereocenters. The molecule has 0 N–H and O–H groups in total. The molecule has 1 amide bonds. The van der Waals surface area contributed by atoms with Gasteiger partial charge in [0.1, 0.15) is 5.82 Å². The fraction of sp³-hybridized carbons (Fsp3) is 0.364. The maximum absolute atomic E-state index is 13.6. The quantitative estimate of drug-likeness (QED) is 0.500. The van der Waals surface area contributed by atoms with Crippen LogP contribution in [0.2, 0.25) is 0 Å². The van der Waals surface area contributed by atoms with Gasteiger partial charge in [-0.3, -0.25) is 14.6 Å². The van der Waals surface area contributed by atoms with Crippen molar-refractivity contribution in [2.24, 2.45) is 0 Å². The van der Waals surface area contributed by atoms with Crippen LogP contribution in [0.5, 0.6) is 0 Å². The van der Waals surface area contributed by atoms with Gasteiger partial charge in [-0.05, 0) is 49.1 Å². The van der Waals surface area contributed by atoms with Crippen LogP contribution < -0.4 is 4.90 Å². The molecule has 3 aromatic rings. The van der Waals surface area contributed by atoms with Crippen LogP contribution in [0, 0.1) is 5.82 Å². The number of thiazole rings is 1. The number of thioether (sulfide) groups is 1. The molecule has 1 saturated heterocycles. The Morgan fingerprint density at radius 3 is 2.90 bits per heavy atom. The zero-order chi connectivity index (χ0) is 20.9. The summed E-state index contributed by atoms with van der Waals surface area (Å²) in [6.07, 6.45) is 2.82. The number of carbonyl (C=O) groups is 1. The standard InChI is InChI=1S/C22H24FN3O2S2/c1-29-18-5-2-4-16(14-18)21(27)26(9-3-8-25-10-12-28-13-11-25)22-24-19-7-6-17(23)15-20(19)30-22/h2,4-7,14-15H,3,8-13H2,1H3. The number of morpholine rings is 1. The number of amides is 1. The molecule has 30 heavy (non-hydrogen) atoms. The topological polar surface area (TPSA) is 45.7 Å². The highest BCUT2D eigenvalue weighted by Crippen LogP contribution is 2.31. The first-order valence-corrected chi connectivity index (χ1v) is 12.0. The van der Waals surface area contributed by atoms with E-state index in [1.54, 1.807) is 22.7 Å². The Morgan fingerprint density at radius 1 is 1.27 bits per heavy atom. The van der Waals surface area contributed by atoms with Crippen molar-refractivity contribution in [2.75, 3.05) is 50.5 Å². The van der Waals surface area contributed by atoms with Crippen molar-refractivity contribution < 1.29 is 13.9 Å². The Bertz CT molecular complexity index is 1020. The van der Waals surface area contributed by atoms with Crippen LogP contribution in [-0.2, 0) is 4.74 Å². The molecule has 0 aliphatic carbocycles. The lowest BCUT2D eigenvalue weighted by atomic mass is 10.2. The molecule has 0 atom stereocenters. The summed E-state index contributed by atoms with van der Waals surface area (Å²) >= 11 is 2.96.